The molecule has 12 heavy (non-hydrogen) atoms. The first-order chi connectivity index (χ1) is 5.57. The molecule has 0 fully saturated rings. The smallest absolute Gasteiger partial charge is 0.0752 e. The maximum absolute atomic E-state index is 9.66. The molecular weight excluding hydrogens is 168 g/mol. The van der Waals surface area contributed by atoms with E-state index in [0.29, 0.717) is 17.1 Å². The molecule has 2 heteroatoms. The maximum Gasteiger partial charge on any atom is 0.0752 e. The minimum atomic E-state index is -0.265. The van der Waals surface area contributed by atoms with Gasteiger partial charge < -0.3 is 5.11 Å². The van der Waals surface area contributed by atoms with Gasteiger partial charge in [0, 0.05) is 5.25 Å². The van der Waals surface area contributed by atoms with Gasteiger partial charge in [-0.25, -0.2) is 0 Å². The van der Waals surface area contributed by atoms with Crippen LogP contribution in [0, 0.1) is 11.8 Å². The van der Waals surface area contributed by atoms with Gasteiger partial charge in [-0.05, 0) is 18.3 Å². The summed E-state index contributed by atoms with van der Waals surface area (Å²) in [5, 5.41) is 10.00. The van der Waals surface area contributed by atoms with E-state index >= 15 is 0 Å². The van der Waals surface area contributed by atoms with Crippen molar-refractivity contribution >= 4 is 12.6 Å². The number of aliphatic hydroxyl groups excluding tert-OH is 1. The van der Waals surface area contributed by atoms with Gasteiger partial charge in [0.2, 0.25) is 0 Å². The minimum absolute atomic E-state index is 0.265. The normalized spacial score (nSPS) is 42.6. The summed E-state index contributed by atoms with van der Waals surface area (Å²) in [5.74, 6) is 0.811. The molecule has 4 atom stereocenters. The van der Waals surface area contributed by atoms with Crippen LogP contribution in [-0.2, 0) is 0 Å². The van der Waals surface area contributed by atoms with E-state index in [4.69, 9.17) is 0 Å². The Labute approximate surface area is 80.3 Å². The van der Waals surface area contributed by atoms with Gasteiger partial charge in [-0.3, -0.25) is 0 Å². The summed E-state index contributed by atoms with van der Waals surface area (Å²) in [5.41, 5.74) is 1.29. The van der Waals surface area contributed by atoms with Crippen molar-refractivity contribution in [2.75, 3.05) is 0 Å². The fraction of sp³-hybridized carbons (Fsp3) is 0.800. The van der Waals surface area contributed by atoms with Crippen LogP contribution < -0.4 is 0 Å². The third kappa shape index (κ3) is 1.69. The maximum atomic E-state index is 9.66. The van der Waals surface area contributed by atoms with Crippen LogP contribution in [0.4, 0.5) is 0 Å². The van der Waals surface area contributed by atoms with E-state index in [2.05, 4.69) is 33.4 Å². The first-order valence-corrected chi connectivity index (χ1v) is 5.16. The van der Waals surface area contributed by atoms with Crippen LogP contribution in [0.5, 0.6) is 0 Å². The highest BCUT2D eigenvalue weighted by Crippen LogP contribution is 2.34. The van der Waals surface area contributed by atoms with E-state index < -0.39 is 0 Å². The van der Waals surface area contributed by atoms with Gasteiger partial charge in [0.1, 0.15) is 0 Å². The van der Waals surface area contributed by atoms with E-state index in [1.807, 2.05) is 6.08 Å². The Bertz CT molecular complexity index is 188. The fourth-order valence-electron chi connectivity index (χ4n) is 1.73. The van der Waals surface area contributed by atoms with Crippen molar-refractivity contribution in [2.24, 2.45) is 11.8 Å². The van der Waals surface area contributed by atoms with Gasteiger partial charge in [-0.1, -0.05) is 32.4 Å². The Morgan fingerprint density at radius 1 is 1.42 bits per heavy atom. The summed E-state index contributed by atoms with van der Waals surface area (Å²) in [4.78, 5) is 0. The Hall–Kier alpha value is 0.0500. The van der Waals surface area contributed by atoms with Gasteiger partial charge >= 0.3 is 0 Å². The molecule has 0 saturated heterocycles. The molecule has 0 aromatic carbocycles. The van der Waals surface area contributed by atoms with Crippen molar-refractivity contribution in [3.05, 3.63) is 11.6 Å². The number of aliphatic hydroxyl groups is 1. The van der Waals surface area contributed by atoms with E-state index in [1.165, 1.54) is 5.57 Å². The predicted molar refractivity (Wildman–Crippen MR) is 55.5 cm³/mol. The lowest BCUT2D eigenvalue weighted by atomic mass is 9.79. The first-order valence-electron chi connectivity index (χ1n) is 4.64. The highest BCUT2D eigenvalue weighted by molar-refractivity contribution is 7.81. The highest BCUT2D eigenvalue weighted by atomic mass is 32.1. The molecule has 0 bridgehead atoms. The monoisotopic (exact) mass is 186 g/mol. The number of hydrogen-bond acceptors (Lipinski definition) is 2. The molecule has 0 spiro atoms. The average Bonchev–Trinajstić information content (AvgIpc) is 2.08. The molecule has 0 amide bonds. The molecule has 70 valence electrons. The second-order valence-electron chi connectivity index (χ2n) is 3.75. The van der Waals surface area contributed by atoms with Gasteiger partial charge in [0.15, 0.2) is 0 Å². The second kappa shape index (κ2) is 3.84. The molecule has 0 heterocycles. The van der Waals surface area contributed by atoms with Crippen molar-refractivity contribution in [1.82, 2.24) is 0 Å². The molecule has 1 aliphatic carbocycles. The lowest BCUT2D eigenvalue weighted by Crippen LogP contribution is -2.34. The average molecular weight is 186 g/mol. The molecular formula is C10H18OS. The van der Waals surface area contributed by atoms with Crippen molar-refractivity contribution in [1.29, 1.82) is 0 Å². The fourth-order valence-corrected chi connectivity index (χ4v) is 2.27. The molecule has 0 saturated carbocycles. The Kier molecular flexibility index (Phi) is 3.24. The largest absolute Gasteiger partial charge is 0.389 e. The summed E-state index contributed by atoms with van der Waals surface area (Å²) in [6.45, 7) is 6.36. The van der Waals surface area contributed by atoms with Crippen LogP contribution in [-0.4, -0.2) is 16.5 Å². The summed E-state index contributed by atoms with van der Waals surface area (Å²) in [6, 6.07) is 0. The van der Waals surface area contributed by atoms with E-state index in [0.717, 1.165) is 6.42 Å². The van der Waals surface area contributed by atoms with Crippen LogP contribution in [0.2, 0.25) is 0 Å². The molecule has 1 nitrogen and oxygen atoms in total. The summed E-state index contributed by atoms with van der Waals surface area (Å²) in [7, 11) is 0. The predicted octanol–water partition coefficient (Wildman–Crippen LogP) is 2.27. The molecule has 4 unspecified atom stereocenters. The molecule has 1 rings (SSSR count). The van der Waals surface area contributed by atoms with E-state index in [-0.39, 0.29) is 6.10 Å². The summed E-state index contributed by atoms with van der Waals surface area (Å²) >= 11 is 4.55. The van der Waals surface area contributed by atoms with Crippen molar-refractivity contribution in [2.45, 2.75) is 38.5 Å². The number of rotatable bonds is 1. The molecule has 0 aliphatic heterocycles. The van der Waals surface area contributed by atoms with Crippen LogP contribution in [0.15, 0.2) is 11.6 Å². The van der Waals surface area contributed by atoms with Gasteiger partial charge in [0.05, 0.1) is 6.10 Å². The first kappa shape index (κ1) is 10.1. The van der Waals surface area contributed by atoms with E-state index in [9.17, 15) is 5.11 Å². The highest BCUT2D eigenvalue weighted by Gasteiger charge is 2.30. The SMILES string of the molecule is CCC1=CC(O)C(C)C(C)C1S. The lowest BCUT2D eigenvalue weighted by Gasteiger charge is -2.34. The zero-order valence-corrected chi connectivity index (χ0v) is 8.88. The zero-order chi connectivity index (χ0) is 9.30. The molecule has 1 aliphatic rings. The van der Waals surface area contributed by atoms with Crippen molar-refractivity contribution < 1.29 is 5.11 Å². The minimum Gasteiger partial charge on any atom is -0.389 e. The van der Waals surface area contributed by atoms with Gasteiger partial charge in [-0.15, -0.1) is 0 Å². The lowest BCUT2D eigenvalue weighted by molar-refractivity contribution is 0.119. The quantitative estimate of drug-likeness (QED) is 0.475. The molecule has 0 aromatic rings. The number of thiol groups is 1. The summed E-state index contributed by atoms with van der Waals surface area (Å²) in [6.07, 6.45) is 2.71. The Morgan fingerprint density at radius 2 is 2.00 bits per heavy atom. The van der Waals surface area contributed by atoms with Crippen LogP contribution >= 0.6 is 12.6 Å². The van der Waals surface area contributed by atoms with E-state index in [1.54, 1.807) is 0 Å². The third-order valence-electron chi connectivity index (χ3n) is 3.04. The summed E-state index contributed by atoms with van der Waals surface area (Å²) < 4.78 is 0. The Morgan fingerprint density at radius 3 is 2.50 bits per heavy atom. The van der Waals surface area contributed by atoms with Crippen LogP contribution in [0.25, 0.3) is 0 Å². The van der Waals surface area contributed by atoms with Crippen molar-refractivity contribution in [3.8, 4) is 0 Å². The standard InChI is InChI=1S/C10H18OS/c1-4-8-5-9(11)6(2)7(3)10(8)12/h5-7,9-12H,4H2,1-3H3. The molecule has 1 N–H and O–H groups in total. The van der Waals surface area contributed by atoms with Crippen LogP contribution in [0.1, 0.15) is 27.2 Å². The number of hydrogen-bond donors (Lipinski definition) is 2. The van der Waals surface area contributed by atoms with Gasteiger partial charge in [0.25, 0.3) is 0 Å². The second-order valence-corrected chi connectivity index (χ2v) is 4.31. The topological polar surface area (TPSA) is 20.2 Å². The zero-order valence-electron chi connectivity index (χ0n) is 7.99. The third-order valence-corrected chi connectivity index (χ3v) is 3.84. The van der Waals surface area contributed by atoms with Crippen molar-refractivity contribution in [3.63, 3.8) is 0 Å². The molecule has 0 radical (unpaired) electrons. The van der Waals surface area contributed by atoms with Gasteiger partial charge in [-0.2, -0.15) is 12.6 Å². The molecule has 0 aromatic heterocycles. The Balaban J connectivity index is 2.84. The van der Waals surface area contributed by atoms with Crippen LogP contribution in [0.3, 0.4) is 0 Å².